The molecule has 1 heterocycles. The average molecular weight is 320 g/mol. The zero-order valence-electron chi connectivity index (χ0n) is 13.6. The third-order valence-corrected chi connectivity index (χ3v) is 5.69. The predicted molar refractivity (Wildman–Crippen MR) is 82.8 cm³/mol. The van der Waals surface area contributed by atoms with E-state index in [-0.39, 0.29) is 30.5 Å². The van der Waals surface area contributed by atoms with Crippen LogP contribution in [0.3, 0.4) is 0 Å². The Morgan fingerprint density at radius 1 is 1.24 bits per heavy atom. The largest absolute Gasteiger partial charge is 0.457 e. The van der Waals surface area contributed by atoms with Gasteiger partial charge >= 0.3 is 7.60 Å². The summed E-state index contributed by atoms with van der Waals surface area (Å²) in [5, 5.41) is 10.2. The van der Waals surface area contributed by atoms with Gasteiger partial charge in [0.1, 0.15) is 0 Å². The molecule has 0 saturated heterocycles. The van der Waals surface area contributed by atoms with E-state index in [1.54, 1.807) is 19.9 Å². The number of unbranched alkanes of at least 4 members (excludes halogenated alkanes) is 2. The van der Waals surface area contributed by atoms with Crippen molar-refractivity contribution < 1.29 is 23.5 Å². The maximum Gasteiger partial charge on any atom is 0.395 e. The van der Waals surface area contributed by atoms with Crippen molar-refractivity contribution in [2.75, 3.05) is 13.2 Å². The second-order valence-electron chi connectivity index (χ2n) is 5.37. The molecule has 0 aromatic heterocycles. The van der Waals surface area contributed by atoms with Gasteiger partial charge in [-0.2, -0.15) is 0 Å². The Kier molecular flexibility index (Phi) is 7.96. The molecule has 0 saturated carbocycles. The summed E-state index contributed by atoms with van der Waals surface area (Å²) in [4.78, 5) is 0. The summed E-state index contributed by atoms with van der Waals surface area (Å²) in [5.74, 6) is 0.104. The van der Waals surface area contributed by atoms with Crippen LogP contribution in [-0.2, 0) is 18.3 Å². The third kappa shape index (κ3) is 5.10. The lowest BCUT2D eigenvalue weighted by Gasteiger charge is -2.34. The molecular weight excluding hydrogens is 291 g/mol. The van der Waals surface area contributed by atoms with Crippen LogP contribution in [0.15, 0.2) is 11.6 Å². The highest BCUT2D eigenvalue weighted by Gasteiger charge is 2.40. The van der Waals surface area contributed by atoms with Gasteiger partial charge in [-0.3, -0.25) is 4.57 Å². The van der Waals surface area contributed by atoms with E-state index in [1.165, 1.54) is 0 Å². The number of aliphatic hydroxyl groups excluding tert-OH is 1. The average Bonchev–Trinajstić information content (AvgIpc) is 2.42. The van der Waals surface area contributed by atoms with E-state index in [1.807, 2.05) is 6.92 Å². The van der Waals surface area contributed by atoms with Gasteiger partial charge in [-0.25, -0.2) is 0 Å². The highest BCUT2D eigenvalue weighted by Crippen LogP contribution is 2.58. The first-order chi connectivity index (χ1) is 9.98. The highest BCUT2D eigenvalue weighted by molar-refractivity contribution is 7.58. The molecule has 1 unspecified atom stereocenters. The van der Waals surface area contributed by atoms with E-state index in [0.29, 0.717) is 0 Å². The highest BCUT2D eigenvalue weighted by atomic mass is 31.2. The van der Waals surface area contributed by atoms with E-state index in [2.05, 4.69) is 6.92 Å². The van der Waals surface area contributed by atoms with Gasteiger partial charge < -0.3 is 18.9 Å². The molecule has 1 aliphatic heterocycles. The first kappa shape index (κ1) is 18.7. The van der Waals surface area contributed by atoms with Crippen molar-refractivity contribution in [1.29, 1.82) is 0 Å². The predicted octanol–water partition coefficient (Wildman–Crippen LogP) is 4.28. The van der Waals surface area contributed by atoms with E-state index in [4.69, 9.17) is 13.8 Å². The lowest BCUT2D eigenvalue weighted by molar-refractivity contribution is -0.122. The molecule has 21 heavy (non-hydrogen) atoms. The normalized spacial score (nSPS) is 26.3. The Morgan fingerprint density at radius 3 is 2.33 bits per heavy atom. The van der Waals surface area contributed by atoms with Gasteiger partial charge in [0.2, 0.25) is 11.8 Å². The van der Waals surface area contributed by atoms with E-state index in [0.717, 1.165) is 25.7 Å². The quantitative estimate of drug-likeness (QED) is 0.507. The van der Waals surface area contributed by atoms with Crippen LogP contribution in [0.4, 0.5) is 0 Å². The molecule has 6 heteroatoms. The van der Waals surface area contributed by atoms with Crippen molar-refractivity contribution in [1.82, 2.24) is 0 Å². The van der Waals surface area contributed by atoms with Crippen molar-refractivity contribution >= 4 is 7.60 Å². The lowest BCUT2D eigenvalue weighted by atomic mass is 9.87. The molecule has 5 nitrogen and oxygen atoms in total. The summed E-state index contributed by atoms with van der Waals surface area (Å²) < 4.78 is 28.7. The maximum absolute atomic E-state index is 12.7. The number of aliphatic hydroxyl groups is 1. The minimum atomic E-state index is -3.45. The second kappa shape index (κ2) is 8.94. The Morgan fingerprint density at radius 2 is 1.86 bits per heavy atom. The third-order valence-electron chi connectivity index (χ3n) is 3.70. The molecule has 0 aromatic rings. The number of hydrogen-bond acceptors (Lipinski definition) is 5. The molecule has 0 aromatic carbocycles. The summed E-state index contributed by atoms with van der Waals surface area (Å²) in [6, 6.07) is 0. The van der Waals surface area contributed by atoms with Crippen molar-refractivity contribution in [3.05, 3.63) is 11.6 Å². The first-order valence-electron chi connectivity index (χ1n) is 7.94. The zero-order valence-corrected chi connectivity index (χ0v) is 14.5. The summed E-state index contributed by atoms with van der Waals surface area (Å²) >= 11 is 0. The molecule has 0 radical (unpaired) electrons. The van der Waals surface area contributed by atoms with Crippen molar-refractivity contribution in [3.8, 4) is 0 Å². The smallest absolute Gasteiger partial charge is 0.395 e. The Balaban J connectivity index is 2.82. The standard InChI is InChI=1S/C15H29O5P/c1-5-8-9-10-13-12(4)11-14(20-15(13)16)21(17,18-6-2)19-7-3/h11-13,15-16H,5-10H2,1-4H3/t12-,13+,15?/m0/s1. The molecule has 1 aliphatic rings. The van der Waals surface area contributed by atoms with Crippen molar-refractivity contribution in [2.24, 2.45) is 11.8 Å². The molecule has 124 valence electrons. The molecule has 0 bridgehead atoms. The van der Waals surface area contributed by atoms with Gasteiger partial charge in [-0.15, -0.1) is 0 Å². The Hall–Kier alpha value is -0.350. The minimum Gasteiger partial charge on any atom is -0.457 e. The fourth-order valence-corrected chi connectivity index (χ4v) is 4.22. The first-order valence-corrected chi connectivity index (χ1v) is 9.48. The van der Waals surface area contributed by atoms with Gasteiger partial charge in [0.05, 0.1) is 13.2 Å². The maximum atomic E-state index is 12.7. The van der Waals surface area contributed by atoms with Gasteiger partial charge in [-0.1, -0.05) is 33.1 Å². The summed E-state index contributed by atoms with van der Waals surface area (Å²) in [7, 11) is -3.45. The van der Waals surface area contributed by atoms with Crippen LogP contribution in [0.5, 0.6) is 0 Å². The molecule has 0 fully saturated rings. The van der Waals surface area contributed by atoms with Crippen molar-refractivity contribution in [2.45, 2.75) is 59.7 Å². The number of allylic oxidation sites excluding steroid dienone is 1. The van der Waals surface area contributed by atoms with E-state index in [9.17, 15) is 9.67 Å². The minimum absolute atomic E-state index is 0.0250. The fourth-order valence-electron chi connectivity index (χ4n) is 2.55. The van der Waals surface area contributed by atoms with Gasteiger partial charge in [0.25, 0.3) is 0 Å². The molecule has 1 rings (SSSR count). The van der Waals surface area contributed by atoms with Crippen LogP contribution >= 0.6 is 7.60 Å². The number of hydrogen-bond donors (Lipinski definition) is 1. The molecule has 3 atom stereocenters. The van der Waals surface area contributed by atoms with E-state index >= 15 is 0 Å². The summed E-state index contributed by atoms with van der Waals surface area (Å²) in [6.45, 7) is 8.19. The molecule has 0 spiro atoms. The van der Waals surface area contributed by atoms with Gasteiger partial charge in [-0.05, 0) is 32.3 Å². The zero-order chi connectivity index (χ0) is 15.9. The second-order valence-corrected chi connectivity index (χ2v) is 7.32. The van der Waals surface area contributed by atoms with Crippen LogP contribution in [0, 0.1) is 11.8 Å². The topological polar surface area (TPSA) is 65.0 Å². The van der Waals surface area contributed by atoms with Crippen LogP contribution in [0.25, 0.3) is 0 Å². The van der Waals surface area contributed by atoms with Crippen LogP contribution in [-0.4, -0.2) is 24.6 Å². The Labute approximate surface area is 128 Å². The number of rotatable bonds is 9. The van der Waals surface area contributed by atoms with Crippen LogP contribution in [0.2, 0.25) is 0 Å². The monoisotopic (exact) mass is 320 g/mol. The SMILES string of the molecule is CCCCC[C@H]1C(O)OC(P(=O)(OCC)OCC)=C[C@@H]1C. The molecule has 0 aliphatic carbocycles. The van der Waals surface area contributed by atoms with Crippen LogP contribution < -0.4 is 0 Å². The van der Waals surface area contributed by atoms with Gasteiger partial charge in [0.15, 0.2) is 0 Å². The van der Waals surface area contributed by atoms with Gasteiger partial charge in [0, 0.05) is 5.92 Å². The fraction of sp³-hybridized carbons (Fsp3) is 0.867. The summed E-state index contributed by atoms with van der Waals surface area (Å²) in [5.41, 5.74) is 0.151. The number of ether oxygens (including phenoxy) is 1. The van der Waals surface area contributed by atoms with E-state index < -0.39 is 13.9 Å². The van der Waals surface area contributed by atoms with Crippen LogP contribution in [0.1, 0.15) is 53.4 Å². The molecular formula is C15H29O5P. The molecule has 0 amide bonds. The van der Waals surface area contributed by atoms with Crippen molar-refractivity contribution in [3.63, 3.8) is 0 Å². The molecule has 1 N–H and O–H groups in total. The summed E-state index contributed by atoms with van der Waals surface area (Å²) in [6.07, 6.45) is 5.07. The lowest BCUT2D eigenvalue weighted by Crippen LogP contribution is -2.32. The Bertz CT molecular complexity index is 372.